The van der Waals surface area contributed by atoms with Gasteiger partial charge in [0.15, 0.2) is 0 Å². The lowest BCUT2D eigenvalue weighted by Gasteiger charge is -2.08. The molecule has 1 fully saturated rings. The minimum absolute atomic E-state index is 0.371. The van der Waals surface area contributed by atoms with Crippen LogP contribution in [0.1, 0.15) is 24.1 Å². The molecule has 5 nitrogen and oxygen atoms in total. The molecule has 1 aliphatic carbocycles. The smallest absolute Gasteiger partial charge is 0.222 e. The zero-order chi connectivity index (χ0) is 9.54. The number of rotatable bonds is 2. The van der Waals surface area contributed by atoms with E-state index < -0.39 is 0 Å². The summed E-state index contributed by atoms with van der Waals surface area (Å²) in [5.41, 5.74) is 7.87. The number of nitrogens with one attached hydrogen (secondary N) is 2. The zero-order valence-electron chi connectivity index (χ0n) is 7.88. The van der Waals surface area contributed by atoms with Crippen LogP contribution < -0.4 is 16.4 Å². The Labute approximate surface area is 82.1 Å². The van der Waals surface area contributed by atoms with Crippen LogP contribution in [-0.2, 0) is 13.1 Å². The Morgan fingerprint density at radius 3 is 2.93 bits per heavy atom. The van der Waals surface area contributed by atoms with Crippen molar-refractivity contribution < 1.29 is 0 Å². The minimum Gasteiger partial charge on any atom is -0.368 e. The summed E-state index contributed by atoms with van der Waals surface area (Å²) in [4.78, 5) is 8.45. The minimum atomic E-state index is 0.371. The van der Waals surface area contributed by atoms with Crippen LogP contribution in [-0.4, -0.2) is 16.0 Å². The fourth-order valence-electron chi connectivity index (χ4n) is 1.73. The Morgan fingerprint density at radius 1 is 1.29 bits per heavy atom. The van der Waals surface area contributed by atoms with Crippen molar-refractivity contribution in [3.63, 3.8) is 0 Å². The van der Waals surface area contributed by atoms with E-state index in [0.717, 1.165) is 24.6 Å². The van der Waals surface area contributed by atoms with Gasteiger partial charge in [-0.2, -0.15) is 4.98 Å². The van der Waals surface area contributed by atoms with Crippen molar-refractivity contribution in [2.75, 3.05) is 11.1 Å². The Bertz CT molecular complexity index is 372. The van der Waals surface area contributed by atoms with E-state index in [9.17, 15) is 0 Å². The molecule has 0 bridgehead atoms. The normalized spacial score (nSPS) is 19.4. The second-order valence-electron chi connectivity index (χ2n) is 3.88. The molecular formula is C9H13N5. The summed E-state index contributed by atoms with van der Waals surface area (Å²) in [7, 11) is 0. The molecule has 5 heteroatoms. The Hall–Kier alpha value is -1.36. The standard InChI is InChI=1S/C9H13N5/c10-9-13-7-4-11-3-6(7)8(14-9)12-5-1-2-5/h5,11H,1-4H2,(H3,10,12,13,14). The van der Waals surface area contributed by atoms with Crippen LogP contribution in [0.3, 0.4) is 0 Å². The van der Waals surface area contributed by atoms with Crippen molar-refractivity contribution in [1.29, 1.82) is 0 Å². The Balaban J connectivity index is 1.99. The second-order valence-corrected chi connectivity index (χ2v) is 3.88. The van der Waals surface area contributed by atoms with Crippen LogP contribution in [0.2, 0.25) is 0 Å². The quantitative estimate of drug-likeness (QED) is 0.624. The second kappa shape index (κ2) is 2.81. The van der Waals surface area contributed by atoms with E-state index in [4.69, 9.17) is 5.73 Å². The third kappa shape index (κ3) is 1.29. The number of nitrogens with zero attached hydrogens (tertiary/aromatic N) is 2. The van der Waals surface area contributed by atoms with Gasteiger partial charge < -0.3 is 16.4 Å². The summed E-state index contributed by atoms with van der Waals surface area (Å²) < 4.78 is 0. The molecule has 1 aromatic heterocycles. The van der Waals surface area contributed by atoms with E-state index in [1.54, 1.807) is 0 Å². The number of aromatic nitrogens is 2. The van der Waals surface area contributed by atoms with Gasteiger partial charge in [0.05, 0.1) is 5.69 Å². The van der Waals surface area contributed by atoms with Crippen molar-refractivity contribution in [2.45, 2.75) is 32.0 Å². The summed E-state index contributed by atoms with van der Waals surface area (Å²) >= 11 is 0. The van der Waals surface area contributed by atoms with Crippen molar-refractivity contribution in [3.05, 3.63) is 11.3 Å². The molecule has 0 amide bonds. The molecule has 0 atom stereocenters. The average molecular weight is 191 g/mol. The van der Waals surface area contributed by atoms with Crippen molar-refractivity contribution >= 4 is 11.8 Å². The molecule has 0 unspecified atom stereocenters. The maximum absolute atomic E-state index is 5.64. The van der Waals surface area contributed by atoms with Crippen LogP contribution in [0, 0.1) is 0 Å². The molecule has 14 heavy (non-hydrogen) atoms. The number of hydrogen-bond donors (Lipinski definition) is 3. The van der Waals surface area contributed by atoms with Crippen molar-refractivity contribution in [3.8, 4) is 0 Å². The monoisotopic (exact) mass is 191 g/mol. The number of hydrogen-bond acceptors (Lipinski definition) is 5. The predicted molar refractivity (Wildman–Crippen MR) is 53.6 cm³/mol. The summed E-state index contributed by atoms with van der Waals surface area (Å²) in [5, 5.41) is 6.64. The van der Waals surface area contributed by atoms with Gasteiger partial charge in [-0.15, -0.1) is 0 Å². The molecule has 1 saturated carbocycles. The van der Waals surface area contributed by atoms with Crippen LogP contribution in [0.5, 0.6) is 0 Å². The lowest BCUT2D eigenvalue weighted by Crippen LogP contribution is -2.10. The van der Waals surface area contributed by atoms with Gasteiger partial charge in [-0.3, -0.25) is 0 Å². The summed E-state index contributed by atoms with van der Waals surface area (Å²) in [6.45, 7) is 1.66. The molecule has 0 spiro atoms. The van der Waals surface area contributed by atoms with Gasteiger partial charge in [-0.25, -0.2) is 4.98 Å². The van der Waals surface area contributed by atoms with Gasteiger partial charge in [0.25, 0.3) is 0 Å². The van der Waals surface area contributed by atoms with E-state index in [0.29, 0.717) is 12.0 Å². The largest absolute Gasteiger partial charge is 0.368 e. The summed E-state index contributed by atoms with van der Waals surface area (Å²) in [6, 6.07) is 0.606. The average Bonchev–Trinajstić information content (AvgIpc) is 2.81. The maximum Gasteiger partial charge on any atom is 0.222 e. The van der Waals surface area contributed by atoms with E-state index in [1.807, 2.05) is 0 Å². The van der Waals surface area contributed by atoms with Crippen molar-refractivity contribution in [1.82, 2.24) is 15.3 Å². The van der Waals surface area contributed by atoms with Crippen LogP contribution in [0.15, 0.2) is 0 Å². The number of nitrogens with two attached hydrogens (primary N) is 1. The third-order valence-electron chi connectivity index (χ3n) is 2.62. The Morgan fingerprint density at radius 2 is 2.14 bits per heavy atom. The van der Waals surface area contributed by atoms with Crippen LogP contribution in [0.25, 0.3) is 0 Å². The molecule has 4 N–H and O–H groups in total. The first-order chi connectivity index (χ1) is 6.83. The van der Waals surface area contributed by atoms with E-state index in [1.165, 1.54) is 18.4 Å². The van der Waals surface area contributed by atoms with Crippen molar-refractivity contribution in [2.24, 2.45) is 0 Å². The molecule has 3 rings (SSSR count). The number of nitrogen functional groups attached to an aromatic ring is 1. The van der Waals surface area contributed by atoms with Gasteiger partial charge in [-0.05, 0) is 12.8 Å². The number of fused-ring (bicyclic) bond motifs is 1. The van der Waals surface area contributed by atoms with Gasteiger partial charge in [0.1, 0.15) is 5.82 Å². The first kappa shape index (κ1) is 7.99. The molecular weight excluding hydrogens is 178 g/mol. The fourth-order valence-corrected chi connectivity index (χ4v) is 1.73. The highest BCUT2D eigenvalue weighted by Gasteiger charge is 2.25. The molecule has 2 heterocycles. The number of anilines is 2. The zero-order valence-corrected chi connectivity index (χ0v) is 7.88. The summed E-state index contributed by atoms with van der Waals surface area (Å²) in [6.07, 6.45) is 2.48. The molecule has 0 saturated heterocycles. The van der Waals surface area contributed by atoms with Crippen LogP contribution >= 0.6 is 0 Å². The molecule has 2 aliphatic rings. The SMILES string of the molecule is Nc1nc2c(c(NC3CC3)n1)CNC2. The molecule has 0 aromatic carbocycles. The highest BCUT2D eigenvalue weighted by molar-refractivity contribution is 5.52. The van der Waals surface area contributed by atoms with E-state index in [-0.39, 0.29) is 0 Å². The van der Waals surface area contributed by atoms with Gasteiger partial charge in [-0.1, -0.05) is 0 Å². The lowest BCUT2D eigenvalue weighted by atomic mass is 10.2. The first-order valence-corrected chi connectivity index (χ1v) is 4.95. The van der Waals surface area contributed by atoms with Gasteiger partial charge in [0, 0.05) is 24.7 Å². The van der Waals surface area contributed by atoms with E-state index in [2.05, 4.69) is 20.6 Å². The molecule has 1 aromatic rings. The lowest BCUT2D eigenvalue weighted by molar-refractivity contribution is 0.758. The fraction of sp³-hybridized carbons (Fsp3) is 0.556. The highest BCUT2D eigenvalue weighted by atomic mass is 15.1. The van der Waals surface area contributed by atoms with Gasteiger partial charge in [0.2, 0.25) is 5.95 Å². The highest BCUT2D eigenvalue weighted by Crippen LogP contribution is 2.28. The Kier molecular flexibility index (Phi) is 1.61. The topological polar surface area (TPSA) is 75.9 Å². The first-order valence-electron chi connectivity index (χ1n) is 4.95. The predicted octanol–water partition coefficient (Wildman–Crippen LogP) is 0.236. The maximum atomic E-state index is 5.64. The molecule has 1 aliphatic heterocycles. The molecule has 0 radical (unpaired) electrons. The van der Waals surface area contributed by atoms with Crippen LogP contribution in [0.4, 0.5) is 11.8 Å². The van der Waals surface area contributed by atoms with Gasteiger partial charge >= 0.3 is 0 Å². The molecule has 74 valence electrons. The van der Waals surface area contributed by atoms with E-state index >= 15 is 0 Å². The third-order valence-corrected chi connectivity index (χ3v) is 2.62. The summed E-state index contributed by atoms with van der Waals surface area (Å²) in [5.74, 6) is 1.30.